The quantitative estimate of drug-likeness (QED) is 0.0335. The third-order valence-electron chi connectivity index (χ3n) is 12.4. The second-order valence-corrected chi connectivity index (χ2v) is 24.0. The van der Waals surface area contributed by atoms with Crippen molar-refractivity contribution in [3.63, 3.8) is 0 Å². The molecule has 0 spiro atoms. The molecule has 0 saturated heterocycles. The summed E-state index contributed by atoms with van der Waals surface area (Å²) < 4.78 is 1.23. The first-order valence-electron chi connectivity index (χ1n) is 23.2. The number of halogens is 2. The Hall–Kier alpha value is -1.49. The van der Waals surface area contributed by atoms with E-state index in [1.807, 2.05) is 10.6 Å². The molecular formula is C54H72Cl2P2Ti. The first kappa shape index (κ1) is 50.2. The van der Waals surface area contributed by atoms with Crippen LogP contribution in [0.1, 0.15) is 161 Å². The molecule has 0 aliphatic heterocycles. The Balaban J connectivity index is 0.00000384. The molecule has 2 aliphatic carbocycles. The van der Waals surface area contributed by atoms with Crippen LogP contribution in [-0.4, -0.2) is 24.6 Å². The molecule has 0 fully saturated rings. The molecule has 0 amide bonds. The number of hydrogen-bond acceptors (Lipinski definition) is 0. The Morgan fingerprint density at radius 3 is 1.05 bits per heavy atom. The minimum absolute atomic E-state index is 0. The summed E-state index contributed by atoms with van der Waals surface area (Å²) in [5.74, 6) is 0. The Labute approximate surface area is 385 Å². The first-order valence-corrected chi connectivity index (χ1v) is 28.5. The summed E-state index contributed by atoms with van der Waals surface area (Å²) in [5.41, 5.74) is 12.1. The Bertz CT molecular complexity index is 1700. The van der Waals surface area contributed by atoms with Crippen molar-refractivity contribution >= 4 is 28.0 Å². The molecular weight excluding hydrogens is 829 g/mol. The molecule has 0 radical (unpaired) electrons. The predicted molar refractivity (Wildman–Crippen MR) is 255 cm³/mol. The van der Waals surface area contributed by atoms with Crippen molar-refractivity contribution in [1.82, 2.24) is 0 Å². The second kappa shape index (κ2) is 27.5. The maximum atomic E-state index is 2.80. The van der Waals surface area contributed by atoms with E-state index in [0.717, 1.165) is 0 Å². The normalized spacial score (nSPS) is 15.3. The number of allylic oxidation sites excluding steroid dienone is 2. The van der Waals surface area contributed by atoms with Crippen LogP contribution in [-0.2, 0) is 19.2 Å². The number of hydrogen-bond donors (Lipinski definition) is 0. The van der Waals surface area contributed by atoms with Gasteiger partial charge in [-0.3, -0.25) is 0 Å². The summed E-state index contributed by atoms with van der Waals surface area (Å²) in [6, 6.07) is 37.4. The first-order chi connectivity index (χ1) is 28.2. The average Bonchev–Trinajstić information content (AvgIpc) is 3.81. The third-order valence-corrected chi connectivity index (χ3v) is 21.8. The van der Waals surface area contributed by atoms with E-state index in [1.54, 1.807) is 22.3 Å². The zero-order chi connectivity index (χ0) is 39.7. The SMILES string of the molecule is CCCCCCP(CCCCCC)C1=Cc2c(-c3ccccc3)cccc2[CH]1[Ti+2][CH]1C(P(CCCCCC)CCCCCC)=Cc2c(-c3ccccc3)cccc21.[Cl-].[Cl-]. The van der Waals surface area contributed by atoms with Gasteiger partial charge in [0.1, 0.15) is 0 Å². The maximum absolute atomic E-state index is 2.80. The van der Waals surface area contributed by atoms with Crippen LogP contribution in [0, 0.1) is 0 Å². The van der Waals surface area contributed by atoms with E-state index >= 15 is 0 Å². The Morgan fingerprint density at radius 1 is 0.390 bits per heavy atom. The van der Waals surface area contributed by atoms with Crippen LogP contribution in [0.5, 0.6) is 0 Å². The van der Waals surface area contributed by atoms with Crippen molar-refractivity contribution in [1.29, 1.82) is 0 Å². The van der Waals surface area contributed by atoms with E-state index in [0.29, 0.717) is 8.45 Å². The number of fused-ring (bicyclic) bond motifs is 2. The summed E-state index contributed by atoms with van der Waals surface area (Å²) in [4.78, 5) is 0. The molecule has 5 heteroatoms. The molecule has 0 saturated carbocycles. The molecule has 6 rings (SSSR count). The molecule has 4 aromatic carbocycles. The topological polar surface area (TPSA) is 0 Å². The largest absolute Gasteiger partial charge is 1.00 e. The smallest absolute Gasteiger partial charge is 1.00 e. The fraction of sp³-hybridized carbons (Fsp3) is 0.481. The zero-order valence-electron chi connectivity index (χ0n) is 36.8. The summed E-state index contributed by atoms with van der Waals surface area (Å²) >= 11 is -0.473. The molecule has 59 heavy (non-hydrogen) atoms. The predicted octanol–water partition coefficient (Wildman–Crippen LogP) is 11.9. The van der Waals surface area contributed by atoms with Crippen molar-refractivity contribution in [2.75, 3.05) is 24.6 Å². The van der Waals surface area contributed by atoms with E-state index in [2.05, 4.69) is 137 Å². The van der Waals surface area contributed by atoms with Crippen LogP contribution in [0.3, 0.4) is 0 Å². The van der Waals surface area contributed by atoms with Crippen LogP contribution in [0.2, 0.25) is 0 Å². The monoisotopic (exact) mass is 900 g/mol. The number of benzene rings is 4. The van der Waals surface area contributed by atoms with E-state index < -0.39 is 19.2 Å². The van der Waals surface area contributed by atoms with Gasteiger partial charge in [-0.05, 0) is 0 Å². The van der Waals surface area contributed by atoms with Crippen molar-refractivity contribution in [2.24, 2.45) is 0 Å². The van der Waals surface area contributed by atoms with E-state index in [4.69, 9.17) is 0 Å². The van der Waals surface area contributed by atoms with Crippen LogP contribution in [0.25, 0.3) is 34.4 Å². The molecule has 0 N–H and O–H groups in total. The van der Waals surface area contributed by atoms with Crippen LogP contribution in [0.4, 0.5) is 0 Å². The van der Waals surface area contributed by atoms with Gasteiger partial charge in [0.2, 0.25) is 0 Å². The maximum Gasteiger partial charge on any atom is -1.00 e. The molecule has 0 bridgehead atoms. The summed E-state index contributed by atoms with van der Waals surface area (Å²) in [6.45, 7) is 9.47. The van der Waals surface area contributed by atoms with Gasteiger partial charge in [-0.15, -0.1) is 0 Å². The molecule has 2 unspecified atom stereocenters. The molecule has 0 nitrogen and oxygen atoms in total. The van der Waals surface area contributed by atoms with Crippen LogP contribution in [0.15, 0.2) is 108 Å². The van der Waals surface area contributed by atoms with Crippen LogP contribution < -0.4 is 24.8 Å². The van der Waals surface area contributed by atoms with E-state index in [9.17, 15) is 0 Å². The standard InChI is InChI=1S/2C27H36P.2ClH.Ti/c2*1-3-5-7-12-19-28(20-13-8-6-4-2)25-21-24-17-14-18-26(27(24)22-25)23-15-10-9-11-16-23;;;/h2*9-11,14-18,21-22H,3-8,12-13,19-20H2,1-2H3;2*1H;/q;;;;+2/p-2. The van der Waals surface area contributed by atoms with Gasteiger partial charge in [-0.25, -0.2) is 0 Å². The van der Waals surface area contributed by atoms with Crippen molar-refractivity contribution in [3.8, 4) is 22.3 Å². The molecule has 0 heterocycles. The third kappa shape index (κ3) is 13.8. The fourth-order valence-electron chi connectivity index (χ4n) is 9.23. The Kier molecular flexibility index (Phi) is 23.4. The number of unbranched alkanes of at least 4 members (excludes halogenated alkanes) is 12. The minimum atomic E-state index is -0.473. The van der Waals surface area contributed by atoms with E-state index in [-0.39, 0.29) is 40.7 Å². The molecule has 316 valence electrons. The number of rotatable bonds is 26. The van der Waals surface area contributed by atoms with Crippen molar-refractivity contribution < 1.29 is 44.0 Å². The van der Waals surface area contributed by atoms with Gasteiger partial charge in [-0.1, -0.05) is 0 Å². The van der Waals surface area contributed by atoms with Gasteiger partial charge in [0.05, 0.1) is 0 Å². The van der Waals surface area contributed by atoms with Crippen molar-refractivity contribution in [2.45, 2.75) is 139 Å². The van der Waals surface area contributed by atoms with Crippen LogP contribution >= 0.6 is 15.8 Å². The summed E-state index contributed by atoms with van der Waals surface area (Å²) in [7, 11) is -0.341. The summed E-state index contributed by atoms with van der Waals surface area (Å²) in [5, 5.41) is 3.78. The fourth-order valence-corrected chi connectivity index (χ4v) is 19.8. The molecule has 2 atom stereocenters. The second-order valence-electron chi connectivity index (χ2n) is 16.7. The molecule has 0 aromatic heterocycles. The Morgan fingerprint density at radius 2 is 0.729 bits per heavy atom. The van der Waals surface area contributed by atoms with Crippen molar-refractivity contribution in [3.05, 3.63) is 130 Å². The summed E-state index contributed by atoms with van der Waals surface area (Å²) in [6.07, 6.45) is 33.3. The minimum Gasteiger partial charge on any atom is -1.00 e. The average molecular weight is 902 g/mol. The molecule has 2 aliphatic rings. The zero-order valence-corrected chi connectivity index (χ0v) is 41.7. The van der Waals surface area contributed by atoms with Gasteiger partial charge in [0.15, 0.2) is 0 Å². The van der Waals surface area contributed by atoms with Gasteiger partial charge in [-0.2, -0.15) is 0 Å². The van der Waals surface area contributed by atoms with Gasteiger partial charge in [0, 0.05) is 0 Å². The van der Waals surface area contributed by atoms with Gasteiger partial charge in [0.25, 0.3) is 0 Å². The van der Waals surface area contributed by atoms with Gasteiger partial charge >= 0.3 is 363 Å². The van der Waals surface area contributed by atoms with E-state index in [1.165, 1.54) is 150 Å². The molecule has 4 aromatic rings. The van der Waals surface area contributed by atoms with Gasteiger partial charge < -0.3 is 24.8 Å².